The fraction of sp³-hybridized carbons (Fsp3) is 0.714. The van der Waals surface area contributed by atoms with E-state index in [-0.39, 0.29) is 0 Å². The van der Waals surface area contributed by atoms with E-state index in [0.717, 1.165) is 37.2 Å². The molecule has 0 spiro atoms. The summed E-state index contributed by atoms with van der Waals surface area (Å²) < 4.78 is 0. The Hall–Kier alpha value is -1.16. The summed E-state index contributed by atoms with van der Waals surface area (Å²) in [5.74, 6) is 1.41. The van der Waals surface area contributed by atoms with Crippen LogP contribution in [-0.4, -0.2) is 29.3 Å². The number of nitrogens with zero attached hydrogens (tertiary/aromatic N) is 3. The first-order valence-corrected chi connectivity index (χ1v) is 6.90. The predicted octanol–water partition coefficient (Wildman–Crippen LogP) is 2.31. The highest BCUT2D eigenvalue weighted by Gasteiger charge is 2.22. The van der Waals surface area contributed by atoms with Gasteiger partial charge in [0.2, 0.25) is 0 Å². The molecule has 0 aliphatic heterocycles. The van der Waals surface area contributed by atoms with E-state index in [4.69, 9.17) is 5.73 Å². The number of nitrogens with two attached hydrogens (primary N) is 1. The molecule has 0 saturated heterocycles. The van der Waals surface area contributed by atoms with E-state index >= 15 is 0 Å². The molecular weight excluding hydrogens is 224 g/mol. The van der Waals surface area contributed by atoms with Crippen LogP contribution in [0.3, 0.4) is 0 Å². The van der Waals surface area contributed by atoms with Gasteiger partial charge in [-0.2, -0.15) is 5.10 Å². The SMILES string of the molecule is CC(C)c1ccc(N(C)C2CCC(N)CC2)nn1. The third-order valence-electron chi connectivity index (χ3n) is 3.91. The number of aromatic nitrogens is 2. The van der Waals surface area contributed by atoms with Crippen molar-refractivity contribution in [2.24, 2.45) is 5.73 Å². The molecule has 1 fully saturated rings. The number of rotatable bonds is 3. The standard InChI is InChI=1S/C14H24N4/c1-10(2)13-8-9-14(17-16-13)18(3)12-6-4-11(15)5-7-12/h8-12H,4-7,15H2,1-3H3. The summed E-state index contributed by atoms with van der Waals surface area (Å²) in [5, 5.41) is 8.63. The van der Waals surface area contributed by atoms with Crippen molar-refractivity contribution in [3.8, 4) is 0 Å². The van der Waals surface area contributed by atoms with Crippen LogP contribution in [0.4, 0.5) is 5.82 Å². The van der Waals surface area contributed by atoms with Crippen molar-refractivity contribution in [3.63, 3.8) is 0 Å². The average Bonchev–Trinajstić information content (AvgIpc) is 2.39. The Morgan fingerprint density at radius 1 is 1.17 bits per heavy atom. The third kappa shape index (κ3) is 2.99. The van der Waals surface area contributed by atoms with Crippen molar-refractivity contribution in [2.75, 3.05) is 11.9 Å². The van der Waals surface area contributed by atoms with Crippen LogP contribution in [0.5, 0.6) is 0 Å². The normalized spacial score (nSPS) is 24.3. The lowest BCUT2D eigenvalue weighted by Gasteiger charge is -2.34. The van der Waals surface area contributed by atoms with Crippen molar-refractivity contribution in [2.45, 2.75) is 57.5 Å². The van der Waals surface area contributed by atoms with Crippen LogP contribution < -0.4 is 10.6 Å². The molecule has 2 rings (SSSR count). The van der Waals surface area contributed by atoms with Crippen LogP contribution in [0.2, 0.25) is 0 Å². The van der Waals surface area contributed by atoms with Crippen LogP contribution in [-0.2, 0) is 0 Å². The van der Waals surface area contributed by atoms with Gasteiger partial charge in [0.15, 0.2) is 5.82 Å². The van der Waals surface area contributed by atoms with E-state index < -0.39 is 0 Å². The van der Waals surface area contributed by atoms with Gasteiger partial charge in [-0.1, -0.05) is 13.8 Å². The summed E-state index contributed by atoms with van der Waals surface area (Å²) in [4.78, 5) is 2.25. The molecule has 1 saturated carbocycles. The van der Waals surface area contributed by atoms with Gasteiger partial charge in [0.05, 0.1) is 5.69 Å². The zero-order valence-electron chi connectivity index (χ0n) is 11.6. The smallest absolute Gasteiger partial charge is 0.151 e. The summed E-state index contributed by atoms with van der Waals surface area (Å²) in [6.07, 6.45) is 4.55. The molecule has 1 heterocycles. The molecule has 0 atom stereocenters. The summed E-state index contributed by atoms with van der Waals surface area (Å²) in [7, 11) is 2.11. The molecule has 4 heteroatoms. The zero-order chi connectivity index (χ0) is 13.1. The van der Waals surface area contributed by atoms with E-state index in [1.165, 1.54) is 0 Å². The summed E-state index contributed by atoms with van der Waals surface area (Å²) >= 11 is 0. The molecule has 100 valence electrons. The highest BCUT2D eigenvalue weighted by atomic mass is 15.3. The second kappa shape index (κ2) is 5.65. The summed E-state index contributed by atoms with van der Waals surface area (Å²) in [6.45, 7) is 4.27. The van der Waals surface area contributed by atoms with Crippen LogP contribution in [0.1, 0.15) is 51.1 Å². The zero-order valence-corrected chi connectivity index (χ0v) is 11.6. The maximum absolute atomic E-state index is 5.94. The second-order valence-corrected chi connectivity index (χ2v) is 5.65. The Kier molecular flexibility index (Phi) is 4.17. The molecule has 0 aromatic carbocycles. The van der Waals surface area contributed by atoms with Crippen LogP contribution in [0, 0.1) is 0 Å². The van der Waals surface area contributed by atoms with Crippen molar-refractivity contribution in [1.82, 2.24) is 10.2 Å². The van der Waals surface area contributed by atoms with Crippen molar-refractivity contribution in [1.29, 1.82) is 0 Å². The maximum atomic E-state index is 5.94. The Morgan fingerprint density at radius 3 is 2.33 bits per heavy atom. The monoisotopic (exact) mass is 248 g/mol. The summed E-state index contributed by atoms with van der Waals surface area (Å²) in [6, 6.07) is 5.11. The largest absolute Gasteiger partial charge is 0.355 e. The lowest BCUT2D eigenvalue weighted by atomic mass is 9.91. The van der Waals surface area contributed by atoms with Gasteiger partial charge in [0.25, 0.3) is 0 Å². The van der Waals surface area contributed by atoms with Gasteiger partial charge in [-0.3, -0.25) is 0 Å². The van der Waals surface area contributed by atoms with E-state index in [1.807, 2.05) is 0 Å². The minimum absolute atomic E-state index is 0.393. The average molecular weight is 248 g/mol. The van der Waals surface area contributed by atoms with Gasteiger partial charge in [-0.05, 0) is 43.7 Å². The molecule has 0 unspecified atom stereocenters. The quantitative estimate of drug-likeness (QED) is 0.892. The number of hydrogen-bond donors (Lipinski definition) is 1. The van der Waals surface area contributed by atoms with Gasteiger partial charge in [0, 0.05) is 19.1 Å². The molecule has 0 radical (unpaired) electrons. The first kappa shape index (κ1) is 13.3. The van der Waals surface area contributed by atoms with Gasteiger partial charge in [-0.25, -0.2) is 0 Å². The maximum Gasteiger partial charge on any atom is 0.151 e. The molecule has 1 aromatic rings. The van der Waals surface area contributed by atoms with Crippen molar-refractivity contribution in [3.05, 3.63) is 17.8 Å². The Bertz CT molecular complexity index is 366. The van der Waals surface area contributed by atoms with Crippen LogP contribution in [0.25, 0.3) is 0 Å². The fourth-order valence-corrected chi connectivity index (χ4v) is 2.51. The van der Waals surface area contributed by atoms with E-state index in [9.17, 15) is 0 Å². The fourth-order valence-electron chi connectivity index (χ4n) is 2.51. The summed E-state index contributed by atoms with van der Waals surface area (Å²) in [5.41, 5.74) is 7.00. The van der Waals surface area contributed by atoms with Crippen LogP contribution in [0.15, 0.2) is 12.1 Å². The predicted molar refractivity (Wildman–Crippen MR) is 74.8 cm³/mol. The van der Waals surface area contributed by atoms with Gasteiger partial charge < -0.3 is 10.6 Å². The van der Waals surface area contributed by atoms with Crippen LogP contribution >= 0.6 is 0 Å². The Balaban J connectivity index is 2.02. The molecule has 1 aliphatic carbocycles. The molecule has 18 heavy (non-hydrogen) atoms. The van der Waals surface area contributed by atoms with Crippen molar-refractivity contribution >= 4 is 5.82 Å². The lowest BCUT2D eigenvalue weighted by molar-refractivity contribution is 0.383. The molecule has 2 N–H and O–H groups in total. The first-order valence-electron chi connectivity index (χ1n) is 6.90. The minimum Gasteiger partial charge on any atom is -0.355 e. The number of anilines is 1. The topological polar surface area (TPSA) is 55.0 Å². The molecule has 0 amide bonds. The van der Waals surface area contributed by atoms with E-state index in [0.29, 0.717) is 18.0 Å². The Morgan fingerprint density at radius 2 is 1.83 bits per heavy atom. The van der Waals surface area contributed by atoms with E-state index in [2.05, 4.69) is 48.1 Å². The van der Waals surface area contributed by atoms with Gasteiger partial charge in [-0.15, -0.1) is 5.10 Å². The highest BCUT2D eigenvalue weighted by molar-refractivity contribution is 5.38. The van der Waals surface area contributed by atoms with E-state index in [1.54, 1.807) is 0 Å². The molecular formula is C14H24N4. The lowest BCUT2D eigenvalue weighted by Crippen LogP contribution is -2.39. The van der Waals surface area contributed by atoms with Gasteiger partial charge >= 0.3 is 0 Å². The number of hydrogen-bond acceptors (Lipinski definition) is 4. The minimum atomic E-state index is 0.393. The van der Waals surface area contributed by atoms with Gasteiger partial charge in [0.1, 0.15) is 0 Å². The first-order chi connectivity index (χ1) is 8.58. The molecule has 4 nitrogen and oxygen atoms in total. The molecule has 1 aromatic heterocycles. The van der Waals surface area contributed by atoms with Crippen molar-refractivity contribution < 1.29 is 0 Å². The second-order valence-electron chi connectivity index (χ2n) is 5.65. The third-order valence-corrected chi connectivity index (χ3v) is 3.91. The molecule has 0 bridgehead atoms. The Labute approximate surface area is 110 Å². The highest BCUT2D eigenvalue weighted by Crippen LogP contribution is 2.24. The molecule has 1 aliphatic rings.